The topological polar surface area (TPSA) is 35.9 Å². The van der Waals surface area contributed by atoms with Gasteiger partial charge in [0.05, 0.1) is 59.5 Å². The predicted molar refractivity (Wildman–Crippen MR) is 359 cm³/mol. The monoisotopic (exact) mass is 1140 g/mol. The summed E-state index contributed by atoms with van der Waals surface area (Å²) in [6.07, 6.45) is 5.55. The van der Waals surface area contributed by atoms with Gasteiger partial charge in [0, 0.05) is 23.0 Å². The fourth-order valence-corrected chi connectivity index (χ4v) is 15.7. The molecule has 3 aromatic heterocycles. The molecule has 4 heterocycles. The second-order valence-corrected chi connectivity index (χ2v) is 27.0. The summed E-state index contributed by atoms with van der Waals surface area (Å²) < 4.78 is 195. The van der Waals surface area contributed by atoms with Crippen molar-refractivity contribution in [1.29, 1.82) is 0 Å². The van der Waals surface area contributed by atoms with Crippen LogP contribution in [0.2, 0.25) is 0 Å². The van der Waals surface area contributed by atoms with Gasteiger partial charge >= 0.3 is 0 Å². The lowest BCUT2D eigenvalue weighted by Gasteiger charge is -2.34. The number of hydrogen-bond acceptors (Lipinski definition) is 2. The number of aromatic nitrogens is 4. The largest absolute Gasteiger partial charge is 0.458 e. The van der Waals surface area contributed by atoms with Gasteiger partial charge in [-0.3, -0.25) is 13.7 Å². The van der Waals surface area contributed by atoms with E-state index in [4.69, 9.17) is 13.8 Å². The summed E-state index contributed by atoms with van der Waals surface area (Å²) in [4.78, 5) is 4.89. The smallest absolute Gasteiger partial charge is 0.269 e. The number of nitrogens with zero attached hydrogens (tertiary/aromatic N) is 4. The highest BCUT2D eigenvalue weighted by molar-refractivity contribution is 7.19. The van der Waals surface area contributed by atoms with Gasteiger partial charge in [-0.05, 0) is 136 Å². The third-order valence-electron chi connectivity index (χ3n) is 16.3. The van der Waals surface area contributed by atoms with Crippen molar-refractivity contribution in [2.24, 2.45) is 0 Å². The molecule has 0 radical (unpaired) electrons. The molecule has 414 valence electrons. The van der Waals surface area contributed by atoms with Gasteiger partial charge in [-0.1, -0.05) is 259 Å². The number of hydrogen-bond donors (Lipinski definition) is 0. The average molecular weight is 1140 g/mol. The zero-order chi connectivity index (χ0) is 74.8. The van der Waals surface area contributed by atoms with E-state index in [1.54, 1.807) is 16.7 Å². The number of pyridine rings is 1. The molecule has 0 bridgehead atoms. The number of ether oxygens (including phenoxy) is 1. The molecule has 6 heteroatoms. The molecule has 15 rings (SSSR count). The Kier molecular flexibility index (Phi) is 8.58. The van der Waals surface area contributed by atoms with E-state index in [1.807, 2.05) is 126 Å². The molecular formula is C80H64N4OSi. The maximum absolute atomic E-state index is 11.1. The number of para-hydroxylation sites is 3. The molecule has 14 aromatic rings. The maximum atomic E-state index is 11.1. The Bertz CT molecular complexity index is 5880. The van der Waals surface area contributed by atoms with Crippen LogP contribution in [0.5, 0.6) is 11.5 Å². The molecule has 0 saturated heterocycles. The maximum Gasteiger partial charge on any atom is 0.269 e. The normalized spacial score (nSPS) is 15.4. The highest BCUT2D eigenvalue weighted by atomic mass is 28.3. The molecule has 86 heavy (non-hydrogen) atoms. The lowest BCUT2D eigenvalue weighted by Crippen LogP contribution is -2.74. The van der Waals surface area contributed by atoms with Crippen LogP contribution in [0, 0.1) is 6.33 Å². The van der Waals surface area contributed by atoms with Crippen molar-refractivity contribution in [3.63, 3.8) is 0 Å². The summed E-state index contributed by atoms with van der Waals surface area (Å²) in [5, 5.41) is -1.67. The molecule has 0 atom stereocenters. The predicted octanol–water partition coefficient (Wildman–Crippen LogP) is 16.9. The molecule has 5 nitrogen and oxygen atoms in total. The molecule has 0 amide bonds. The summed E-state index contributed by atoms with van der Waals surface area (Å²) in [6, 6.07) is 31.2. The van der Waals surface area contributed by atoms with Gasteiger partial charge in [0.25, 0.3) is 6.33 Å². The number of fused-ring (bicyclic) bond motifs is 10. The van der Waals surface area contributed by atoms with Crippen LogP contribution in [0.4, 0.5) is 0 Å². The average Bonchev–Trinajstić information content (AvgIpc) is 1.22. The van der Waals surface area contributed by atoms with E-state index in [2.05, 4.69) is 82.8 Å². The van der Waals surface area contributed by atoms with Crippen molar-refractivity contribution in [3.8, 4) is 73.2 Å². The molecular weight excluding hydrogens is 1060 g/mol. The van der Waals surface area contributed by atoms with Crippen LogP contribution in [-0.2, 0) is 10.8 Å². The number of benzene rings is 11. The van der Waals surface area contributed by atoms with Gasteiger partial charge in [-0.15, -0.1) is 0 Å². The van der Waals surface area contributed by atoms with Gasteiger partial charge in [0.15, 0.2) is 8.07 Å². The second-order valence-electron chi connectivity index (χ2n) is 23.5. The summed E-state index contributed by atoms with van der Waals surface area (Å²) in [6.45, 7) is 12.7. The van der Waals surface area contributed by atoms with Crippen molar-refractivity contribution >= 4 is 61.7 Å². The summed E-state index contributed by atoms with van der Waals surface area (Å²) in [5.74, 6) is 1.73. The van der Waals surface area contributed by atoms with Crippen molar-refractivity contribution in [3.05, 3.63) is 296 Å². The summed E-state index contributed by atoms with van der Waals surface area (Å²) in [7, 11) is -6.26. The number of rotatable bonds is 9. The van der Waals surface area contributed by atoms with Gasteiger partial charge in [0.2, 0.25) is 0 Å². The molecule has 0 spiro atoms. The van der Waals surface area contributed by atoms with Crippen LogP contribution >= 0.6 is 0 Å². The van der Waals surface area contributed by atoms with Crippen LogP contribution in [0.25, 0.3) is 94.5 Å². The lowest BCUT2D eigenvalue weighted by atomic mass is 9.81. The lowest BCUT2D eigenvalue weighted by molar-refractivity contribution is -0.570. The standard InChI is InChI=1S/C80H64N4OSi/c1-79(2,3)55-42-44-67-65-34-16-17-35-66(65)70-39-23-41-74-78(70)83(53-82(74)57-25-21-26-58(51-57)85-59-43-45-69-68-36-18-19-40-73(68)84(75(69)52-59)76-50-56(46-47-81-76)80(4,5)6)77-64(37-22-38-71(77)72(67)49-55)54-24-20-33-63(48-54)86(60-27-10-7-11-28-60,61-29-12-8-13-30-61)62-31-14-9-15-32-62/h7-52H,1-6H3/i7D,8D,9D,10D,11D,12D,13D,14D,15D,20D,24D,27D,28D,29D,30D,31D,32D,33D,48D. The van der Waals surface area contributed by atoms with Crippen LogP contribution in [0.3, 0.4) is 0 Å². The van der Waals surface area contributed by atoms with Gasteiger partial charge < -0.3 is 4.74 Å². The fraction of sp³-hybridized carbons (Fsp3) is 0.100. The zero-order valence-electron chi connectivity index (χ0n) is 66.8. The van der Waals surface area contributed by atoms with Crippen molar-refractivity contribution in [2.75, 3.05) is 0 Å². The second kappa shape index (κ2) is 20.6. The van der Waals surface area contributed by atoms with E-state index in [1.165, 1.54) is 0 Å². The molecule has 0 unspecified atom stereocenters. The molecule has 0 fully saturated rings. The third kappa shape index (κ3) is 8.73. The third-order valence-corrected chi connectivity index (χ3v) is 20.3. The van der Waals surface area contributed by atoms with Crippen molar-refractivity contribution < 1.29 is 35.3 Å². The Morgan fingerprint density at radius 2 is 1.02 bits per heavy atom. The van der Waals surface area contributed by atoms with Gasteiger partial charge in [-0.2, -0.15) is 0 Å². The minimum atomic E-state index is -6.26. The quantitative estimate of drug-likeness (QED) is 0.0625. The van der Waals surface area contributed by atoms with E-state index in [-0.39, 0.29) is 16.7 Å². The Morgan fingerprint density at radius 3 is 1.74 bits per heavy atom. The van der Waals surface area contributed by atoms with Crippen LogP contribution in [0.1, 0.15) is 78.7 Å². The molecule has 1 aliphatic heterocycles. The Hall–Kier alpha value is -10.1. The highest BCUT2D eigenvalue weighted by Crippen LogP contribution is 2.47. The molecule has 11 aromatic carbocycles. The first-order valence-electron chi connectivity index (χ1n) is 37.8. The molecule has 0 saturated carbocycles. The van der Waals surface area contributed by atoms with Crippen LogP contribution in [0.15, 0.2) is 279 Å². The van der Waals surface area contributed by atoms with E-state index >= 15 is 0 Å². The van der Waals surface area contributed by atoms with E-state index in [0.717, 1.165) is 55.4 Å². The molecule has 1 aliphatic rings. The zero-order valence-corrected chi connectivity index (χ0v) is 48.8. The Morgan fingerprint density at radius 1 is 0.453 bits per heavy atom. The van der Waals surface area contributed by atoms with Crippen molar-refractivity contribution in [1.82, 2.24) is 14.1 Å². The first-order chi connectivity index (χ1) is 49.8. The summed E-state index contributed by atoms with van der Waals surface area (Å²) >= 11 is 0. The minimum absolute atomic E-state index is 0.00160. The van der Waals surface area contributed by atoms with E-state index < -0.39 is 155 Å². The van der Waals surface area contributed by atoms with Crippen molar-refractivity contribution in [2.45, 2.75) is 52.4 Å². The Labute approximate surface area is 531 Å². The van der Waals surface area contributed by atoms with Gasteiger partial charge in [-0.25, -0.2) is 4.98 Å². The first-order valence-corrected chi connectivity index (χ1v) is 30.3. The van der Waals surface area contributed by atoms with Crippen LogP contribution in [-0.4, -0.2) is 22.2 Å². The van der Waals surface area contributed by atoms with E-state index in [9.17, 15) is 21.9 Å². The minimum Gasteiger partial charge on any atom is -0.458 e. The van der Waals surface area contributed by atoms with Crippen LogP contribution < -0.4 is 30.1 Å². The fourth-order valence-electron chi connectivity index (χ4n) is 12.2. The summed E-state index contributed by atoms with van der Waals surface area (Å²) in [5.41, 5.74) is 8.96. The first kappa shape index (κ1) is 35.9. The molecule has 0 N–H and O–H groups in total. The highest BCUT2D eigenvalue weighted by Gasteiger charge is 2.42. The molecule has 0 aliphatic carbocycles. The van der Waals surface area contributed by atoms with E-state index in [0.29, 0.717) is 44.9 Å². The number of imidazole rings is 1. The van der Waals surface area contributed by atoms with Gasteiger partial charge in [0.1, 0.15) is 17.3 Å². The Balaban J connectivity index is 1.05. The SMILES string of the molecule is [2H]c1c([2H])c([2H])c([Si](c2c([2H])c([2H])c([2H])c([2H])c2[2H])(c2c([2H])c([2H])c([2H])c([2H])c2[2H])c2c([2H])c([2H])c([2H])c(-c3cccc4c3-[n+]3[c-]n(-c5cccc(Oc6ccc7c8ccccc8n(-c8cc(C(C)(C)C)ccn8)c7c6)c5)c5cccc(c53)-c3ccccc3-c3ccc(C(C)(C)C)cc3-4)c2[2H])c([2H])c1[2H].